The van der Waals surface area contributed by atoms with Crippen molar-refractivity contribution in [1.82, 2.24) is 15.3 Å². The second-order valence-corrected chi connectivity index (χ2v) is 4.26. The van der Waals surface area contributed by atoms with E-state index in [4.69, 9.17) is 14.6 Å². The maximum Gasteiger partial charge on any atom is 0.405 e. The number of hydrogen-bond acceptors (Lipinski definition) is 6. The molecule has 1 aromatic heterocycles. The first-order chi connectivity index (χ1) is 10.5. The topological polar surface area (TPSA) is 114 Å². The Morgan fingerprint density at radius 3 is 2.50 bits per heavy atom. The fourth-order valence-corrected chi connectivity index (χ4v) is 2.04. The molecule has 0 radical (unpaired) electrons. The van der Waals surface area contributed by atoms with Crippen LogP contribution in [0.3, 0.4) is 0 Å². The molecule has 8 nitrogen and oxygen atoms in total. The van der Waals surface area contributed by atoms with E-state index in [1.165, 1.54) is 20.3 Å². The molecule has 3 N–H and O–H groups in total. The maximum absolute atomic E-state index is 14.1. The molecule has 1 heterocycles. The average Bonchev–Trinajstić information content (AvgIpc) is 2.51. The van der Waals surface area contributed by atoms with Crippen LogP contribution >= 0.6 is 0 Å². The van der Waals surface area contributed by atoms with Crippen molar-refractivity contribution in [3.05, 3.63) is 23.5 Å². The summed E-state index contributed by atoms with van der Waals surface area (Å²) < 4.78 is 24.2. The van der Waals surface area contributed by atoms with E-state index < -0.39 is 24.6 Å². The van der Waals surface area contributed by atoms with Gasteiger partial charge in [-0.1, -0.05) is 0 Å². The van der Waals surface area contributed by atoms with E-state index >= 15 is 0 Å². The van der Waals surface area contributed by atoms with E-state index in [1.54, 1.807) is 0 Å². The van der Waals surface area contributed by atoms with E-state index in [2.05, 4.69) is 9.97 Å². The number of nitrogens with one attached hydrogen (secondary N) is 1. The van der Waals surface area contributed by atoms with Crippen LogP contribution in [0.2, 0.25) is 0 Å². The van der Waals surface area contributed by atoms with E-state index in [1.807, 2.05) is 5.32 Å². The molecule has 1 amide bonds. The van der Waals surface area contributed by atoms with Crippen molar-refractivity contribution in [2.45, 2.75) is 6.04 Å². The average molecular weight is 311 g/mol. The number of aliphatic hydroxyl groups is 1. The third kappa shape index (κ3) is 2.84. The van der Waals surface area contributed by atoms with Gasteiger partial charge >= 0.3 is 6.09 Å². The van der Waals surface area contributed by atoms with Crippen LogP contribution < -0.4 is 14.8 Å². The number of rotatable bonds is 5. The van der Waals surface area contributed by atoms with E-state index in [-0.39, 0.29) is 28.4 Å². The molecule has 22 heavy (non-hydrogen) atoms. The monoisotopic (exact) mass is 311 g/mol. The molecule has 0 bridgehead atoms. The smallest absolute Gasteiger partial charge is 0.405 e. The van der Waals surface area contributed by atoms with Crippen molar-refractivity contribution in [3.8, 4) is 11.8 Å². The van der Waals surface area contributed by atoms with Crippen LogP contribution in [0.4, 0.5) is 9.18 Å². The van der Waals surface area contributed by atoms with E-state index in [0.717, 1.165) is 6.07 Å². The number of halogens is 1. The minimum Gasteiger partial charge on any atom is -0.477 e. The predicted octanol–water partition coefficient (Wildman–Crippen LogP) is 1.09. The molecule has 1 atom stereocenters. The van der Waals surface area contributed by atoms with Crippen LogP contribution in [0.1, 0.15) is 11.6 Å². The van der Waals surface area contributed by atoms with Gasteiger partial charge in [-0.25, -0.2) is 19.2 Å². The summed E-state index contributed by atoms with van der Waals surface area (Å²) in [4.78, 5) is 19.0. The fraction of sp³-hybridized carbons (Fsp3) is 0.308. The molecule has 0 unspecified atom stereocenters. The Labute approximate surface area is 124 Å². The summed E-state index contributed by atoms with van der Waals surface area (Å²) in [5, 5.41) is 20.2. The lowest BCUT2D eigenvalue weighted by molar-refractivity contribution is 0.177. The normalized spacial score (nSPS) is 12.0. The highest BCUT2D eigenvalue weighted by Gasteiger charge is 2.23. The molecule has 0 saturated heterocycles. The standard InChI is InChI=1S/C13H14FN3O5/c1-21-11-12(22-2)17-10-7(15-11)4-3-6(14)9(10)8(5-18)16-13(19)20/h3-4,8,16,18H,5H2,1-2H3,(H,19,20)/t8-/m0/s1. The molecular weight excluding hydrogens is 297 g/mol. The molecule has 0 aliphatic carbocycles. The first-order valence-corrected chi connectivity index (χ1v) is 6.20. The van der Waals surface area contributed by atoms with Crippen LogP contribution in [0, 0.1) is 5.82 Å². The summed E-state index contributed by atoms with van der Waals surface area (Å²) in [6.07, 6.45) is -1.40. The Balaban J connectivity index is 2.70. The minimum absolute atomic E-state index is 0.0221. The molecule has 9 heteroatoms. The van der Waals surface area contributed by atoms with Gasteiger partial charge in [0.25, 0.3) is 11.8 Å². The van der Waals surface area contributed by atoms with Crippen LogP contribution in [0.5, 0.6) is 11.8 Å². The molecule has 2 rings (SSSR count). The second kappa shape index (κ2) is 6.39. The van der Waals surface area contributed by atoms with Gasteiger partial charge in [0.2, 0.25) is 0 Å². The third-order valence-electron chi connectivity index (χ3n) is 2.98. The first kappa shape index (κ1) is 15.7. The van der Waals surface area contributed by atoms with Crippen LogP contribution in [-0.2, 0) is 0 Å². The quantitative estimate of drug-likeness (QED) is 0.757. The Morgan fingerprint density at radius 1 is 1.32 bits per heavy atom. The molecule has 0 spiro atoms. The van der Waals surface area contributed by atoms with Gasteiger partial charge < -0.3 is 25.0 Å². The van der Waals surface area contributed by atoms with Crippen molar-refractivity contribution in [2.24, 2.45) is 0 Å². The van der Waals surface area contributed by atoms with Crippen LogP contribution in [0.25, 0.3) is 11.0 Å². The summed E-state index contributed by atoms with van der Waals surface area (Å²) >= 11 is 0. The number of carbonyl (C=O) groups is 1. The minimum atomic E-state index is -1.40. The number of aliphatic hydroxyl groups excluding tert-OH is 1. The highest BCUT2D eigenvalue weighted by Crippen LogP contribution is 2.30. The highest BCUT2D eigenvalue weighted by atomic mass is 19.1. The molecule has 0 fully saturated rings. The maximum atomic E-state index is 14.1. The molecule has 0 aliphatic rings. The Bertz CT molecular complexity index is 710. The zero-order chi connectivity index (χ0) is 16.3. The highest BCUT2D eigenvalue weighted by molar-refractivity contribution is 5.81. The lowest BCUT2D eigenvalue weighted by Crippen LogP contribution is -2.30. The zero-order valence-electron chi connectivity index (χ0n) is 11.8. The van der Waals surface area contributed by atoms with Crippen LogP contribution in [-0.4, -0.2) is 47.1 Å². The van der Waals surface area contributed by atoms with Crippen molar-refractivity contribution < 1.29 is 28.9 Å². The predicted molar refractivity (Wildman–Crippen MR) is 73.6 cm³/mol. The zero-order valence-corrected chi connectivity index (χ0v) is 11.8. The van der Waals surface area contributed by atoms with Crippen molar-refractivity contribution in [1.29, 1.82) is 0 Å². The van der Waals surface area contributed by atoms with Crippen molar-refractivity contribution in [3.63, 3.8) is 0 Å². The molecule has 0 saturated carbocycles. The summed E-state index contributed by atoms with van der Waals surface area (Å²) in [5.74, 6) is -0.588. The molecular formula is C13H14FN3O5. The molecule has 118 valence electrons. The Hall–Kier alpha value is -2.68. The number of benzene rings is 1. The van der Waals surface area contributed by atoms with Gasteiger partial charge in [-0.3, -0.25) is 0 Å². The van der Waals surface area contributed by atoms with Gasteiger partial charge in [-0.2, -0.15) is 0 Å². The summed E-state index contributed by atoms with van der Waals surface area (Å²) in [7, 11) is 2.72. The summed E-state index contributed by atoms with van der Waals surface area (Å²) in [6, 6.07) is 1.30. The number of carboxylic acid groups (broad SMARTS) is 1. The molecule has 1 aromatic carbocycles. The number of ether oxygens (including phenoxy) is 2. The van der Waals surface area contributed by atoms with Gasteiger partial charge in [0.1, 0.15) is 11.3 Å². The summed E-state index contributed by atoms with van der Waals surface area (Å²) in [6.45, 7) is -0.641. The third-order valence-corrected chi connectivity index (χ3v) is 2.98. The summed E-state index contributed by atoms with van der Waals surface area (Å²) in [5.41, 5.74) is 0.237. The van der Waals surface area contributed by atoms with E-state index in [0.29, 0.717) is 0 Å². The SMILES string of the molecule is COc1nc2ccc(F)c([C@H](CO)NC(=O)O)c2nc1OC. The number of amides is 1. The van der Waals surface area contributed by atoms with Crippen molar-refractivity contribution >= 4 is 17.1 Å². The number of fused-ring (bicyclic) bond motifs is 1. The molecule has 0 aliphatic heterocycles. The molecule has 2 aromatic rings. The largest absolute Gasteiger partial charge is 0.477 e. The van der Waals surface area contributed by atoms with Gasteiger partial charge in [-0.05, 0) is 12.1 Å². The van der Waals surface area contributed by atoms with Gasteiger partial charge in [0, 0.05) is 5.56 Å². The van der Waals surface area contributed by atoms with Crippen LogP contribution in [0.15, 0.2) is 12.1 Å². The Kier molecular flexibility index (Phi) is 4.56. The van der Waals surface area contributed by atoms with Gasteiger partial charge in [0.15, 0.2) is 0 Å². The van der Waals surface area contributed by atoms with Gasteiger partial charge in [0.05, 0.1) is 32.4 Å². The van der Waals surface area contributed by atoms with Gasteiger partial charge in [-0.15, -0.1) is 0 Å². The van der Waals surface area contributed by atoms with E-state index in [9.17, 15) is 14.3 Å². The number of hydrogen-bond donors (Lipinski definition) is 3. The number of nitrogens with zero attached hydrogens (tertiary/aromatic N) is 2. The first-order valence-electron chi connectivity index (χ1n) is 6.20. The lowest BCUT2D eigenvalue weighted by atomic mass is 10.0. The fourth-order valence-electron chi connectivity index (χ4n) is 2.04. The second-order valence-electron chi connectivity index (χ2n) is 4.26. The number of methoxy groups -OCH3 is 2. The lowest BCUT2D eigenvalue weighted by Gasteiger charge is -2.17. The Morgan fingerprint density at radius 2 is 1.95 bits per heavy atom. The van der Waals surface area contributed by atoms with Crippen molar-refractivity contribution in [2.75, 3.05) is 20.8 Å². The number of aromatic nitrogens is 2.